The Morgan fingerprint density at radius 2 is 1.86 bits per heavy atom. The third-order valence-electron chi connectivity index (χ3n) is 6.27. The average Bonchev–Trinajstić information content (AvgIpc) is 3.56. The number of rotatable bonds is 10. The fourth-order valence-corrected chi connectivity index (χ4v) is 4.23. The minimum atomic E-state index is -4.46. The molecule has 10 heteroatoms. The molecule has 0 unspecified atom stereocenters. The molecule has 36 heavy (non-hydrogen) atoms. The van der Waals surface area contributed by atoms with Crippen LogP contribution in [0.15, 0.2) is 65.5 Å². The van der Waals surface area contributed by atoms with Gasteiger partial charge in [-0.05, 0) is 49.1 Å². The number of aromatic nitrogens is 1. The zero-order valence-electron chi connectivity index (χ0n) is 19.4. The smallest absolute Gasteiger partial charge is 0.418 e. The molecule has 4 rings (SSSR count). The summed E-state index contributed by atoms with van der Waals surface area (Å²) in [6.07, 6.45) is -0.0589. The van der Waals surface area contributed by atoms with Gasteiger partial charge in [-0.15, -0.1) is 0 Å². The zero-order chi connectivity index (χ0) is 25.6. The van der Waals surface area contributed by atoms with Gasteiger partial charge in [0.25, 0.3) is 0 Å². The van der Waals surface area contributed by atoms with Crippen LogP contribution < -0.4 is 10.6 Å². The van der Waals surface area contributed by atoms with E-state index in [9.17, 15) is 22.8 Å². The fourth-order valence-electron chi connectivity index (χ4n) is 4.23. The van der Waals surface area contributed by atoms with Crippen molar-refractivity contribution in [1.82, 2.24) is 10.3 Å². The summed E-state index contributed by atoms with van der Waals surface area (Å²) >= 11 is 0. The number of hydrogen-bond acceptors (Lipinski definition) is 6. The molecule has 1 aromatic heterocycles. The van der Waals surface area contributed by atoms with E-state index in [0.29, 0.717) is 31.6 Å². The molecule has 1 aliphatic heterocycles. The van der Waals surface area contributed by atoms with Crippen molar-refractivity contribution in [3.8, 4) is 0 Å². The topological polar surface area (TPSA) is 93.5 Å². The predicted octanol–water partition coefficient (Wildman–Crippen LogP) is 5.51. The Balaban J connectivity index is 1.32. The number of Topliss-reactive ketones (excluding diaryl/α,β-unsaturated/α-hetero) is 1. The molecule has 2 heterocycles. The maximum Gasteiger partial charge on any atom is 0.418 e. The summed E-state index contributed by atoms with van der Waals surface area (Å²) in [4.78, 5) is 29.0. The third kappa shape index (κ3) is 6.12. The maximum atomic E-state index is 13.2. The van der Waals surface area contributed by atoms with Crippen molar-refractivity contribution >= 4 is 23.1 Å². The van der Waals surface area contributed by atoms with Crippen molar-refractivity contribution in [2.45, 2.75) is 38.4 Å². The highest BCUT2D eigenvalue weighted by atomic mass is 19.4. The first-order valence-corrected chi connectivity index (χ1v) is 11.6. The van der Waals surface area contributed by atoms with Gasteiger partial charge < -0.3 is 19.8 Å². The number of amides is 1. The van der Waals surface area contributed by atoms with Gasteiger partial charge >= 0.3 is 6.18 Å². The molecule has 2 N–H and O–H groups in total. The van der Waals surface area contributed by atoms with Gasteiger partial charge in [0.15, 0.2) is 17.9 Å². The van der Waals surface area contributed by atoms with E-state index in [0.717, 1.165) is 11.6 Å². The summed E-state index contributed by atoms with van der Waals surface area (Å²) in [7, 11) is 0. The van der Waals surface area contributed by atoms with E-state index in [1.807, 2.05) is 0 Å². The Bertz CT molecular complexity index is 1170. The van der Waals surface area contributed by atoms with Crippen LogP contribution in [0.25, 0.3) is 0 Å². The van der Waals surface area contributed by atoms with E-state index in [2.05, 4.69) is 15.6 Å². The van der Waals surface area contributed by atoms with E-state index in [1.54, 1.807) is 24.3 Å². The third-order valence-corrected chi connectivity index (χ3v) is 6.27. The number of oxazole rings is 1. The highest BCUT2D eigenvalue weighted by molar-refractivity contribution is 5.93. The van der Waals surface area contributed by atoms with E-state index in [-0.39, 0.29) is 42.7 Å². The van der Waals surface area contributed by atoms with Crippen molar-refractivity contribution < 1.29 is 31.9 Å². The summed E-state index contributed by atoms with van der Waals surface area (Å²) in [6, 6.07) is 12.1. The van der Waals surface area contributed by atoms with Gasteiger partial charge in [-0.2, -0.15) is 13.2 Å². The van der Waals surface area contributed by atoms with Gasteiger partial charge in [0.2, 0.25) is 5.91 Å². The summed E-state index contributed by atoms with van der Waals surface area (Å²) in [5.41, 5.74) is -0.180. The lowest BCUT2D eigenvalue weighted by Gasteiger charge is -2.26. The SMILES string of the molecule is O=C(CCC[C@@]1(C(=O)NCc2ccc(Nc3ccccc3C(F)(F)F)cc2)CCOC1)c1cnco1. The molecule has 1 atom stereocenters. The first kappa shape index (κ1) is 25.4. The maximum absolute atomic E-state index is 13.2. The lowest BCUT2D eigenvalue weighted by molar-refractivity contribution is -0.137. The molecule has 0 bridgehead atoms. The van der Waals surface area contributed by atoms with Crippen LogP contribution in [-0.2, 0) is 22.3 Å². The Labute approximate surface area is 206 Å². The second-order valence-corrected chi connectivity index (χ2v) is 8.77. The van der Waals surface area contributed by atoms with Gasteiger partial charge in [-0.25, -0.2) is 4.98 Å². The summed E-state index contributed by atoms with van der Waals surface area (Å²) in [5, 5.41) is 5.75. The second-order valence-electron chi connectivity index (χ2n) is 8.77. The van der Waals surface area contributed by atoms with Crippen LogP contribution in [0.4, 0.5) is 24.5 Å². The van der Waals surface area contributed by atoms with Crippen LogP contribution in [0, 0.1) is 5.41 Å². The standard InChI is InChI=1S/C26H26F3N3O4/c27-26(28,29)20-4-1-2-5-21(20)32-19-9-7-18(8-10-19)14-31-24(34)25(12-13-35-16-25)11-3-6-22(33)23-15-30-17-36-23/h1-2,4-5,7-10,15,17,32H,3,6,11-14,16H2,(H,31,34)/t25-/m1/s1. The molecule has 1 aliphatic rings. The summed E-state index contributed by atoms with van der Waals surface area (Å²) in [6.45, 7) is 1.02. The lowest BCUT2D eigenvalue weighted by atomic mass is 9.80. The van der Waals surface area contributed by atoms with Crippen LogP contribution in [0.3, 0.4) is 0 Å². The number of ketones is 1. The number of carbonyl (C=O) groups is 2. The first-order valence-electron chi connectivity index (χ1n) is 11.6. The molecule has 0 spiro atoms. The molecule has 2 aromatic carbocycles. The number of nitrogens with one attached hydrogen (secondary N) is 2. The highest BCUT2D eigenvalue weighted by Gasteiger charge is 2.41. The fraction of sp³-hybridized carbons (Fsp3) is 0.346. The van der Waals surface area contributed by atoms with Crippen molar-refractivity contribution in [2.24, 2.45) is 5.41 Å². The number of benzene rings is 2. The first-order chi connectivity index (χ1) is 17.3. The number of hydrogen-bond donors (Lipinski definition) is 2. The lowest BCUT2D eigenvalue weighted by Crippen LogP contribution is -2.41. The molecule has 3 aromatic rings. The summed E-state index contributed by atoms with van der Waals surface area (Å²) in [5.74, 6) is -0.0991. The molecule has 1 amide bonds. The minimum absolute atomic E-state index is 0.0315. The minimum Gasteiger partial charge on any atom is -0.440 e. The number of carbonyl (C=O) groups excluding carboxylic acids is 2. The Morgan fingerprint density at radius 1 is 1.08 bits per heavy atom. The van der Waals surface area contributed by atoms with Gasteiger partial charge in [0, 0.05) is 25.3 Å². The Morgan fingerprint density at radius 3 is 2.53 bits per heavy atom. The Hall–Kier alpha value is -3.66. The van der Waals surface area contributed by atoms with Crippen LogP contribution in [-0.4, -0.2) is 29.9 Å². The second kappa shape index (κ2) is 10.9. The molecule has 7 nitrogen and oxygen atoms in total. The van der Waals surface area contributed by atoms with E-state index >= 15 is 0 Å². The number of halogens is 3. The number of alkyl halides is 3. The van der Waals surface area contributed by atoms with Crippen LogP contribution in [0.2, 0.25) is 0 Å². The number of ether oxygens (including phenoxy) is 1. The number of anilines is 2. The van der Waals surface area contributed by atoms with E-state index in [1.165, 1.54) is 30.8 Å². The molecule has 1 fully saturated rings. The molecular formula is C26H26F3N3O4. The normalized spacial score (nSPS) is 17.6. The van der Waals surface area contributed by atoms with Gasteiger partial charge in [0.05, 0.1) is 29.5 Å². The van der Waals surface area contributed by atoms with Gasteiger partial charge in [-0.3, -0.25) is 9.59 Å². The highest BCUT2D eigenvalue weighted by Crippen LogP contribution is 2.36. The van der Waals surface area contributed by atoms with Gasteiger partial charge in [-0.1, -0.05) is 24.3 Å². The molecule has 0 aliphatic carbocycles. The zero-order valence-corrected chi connectivity index (χ0v) is 19.4. The molecule has 190 valence electrons. The predicted molar refractivity (Wildman–Crippen MR) is 126 cm³/mol. The van der Waals surface area contributed by atoms with Crippen molar-refractivity contribution in [3.63, 3.8) is 0 Å². The average molecular weight is 502 g/mol. The van der Waals surface area contributed by atoms with E-state index in [4.69, 9.17) is 9.15 Å². The van der Waals surface area contributed by atoms with Crippen LogP contribution in [0.5, 0.6) is 0 Å². The Kier molecular flexibility index (Phi) is 7.73. The molecular weight excluding hydrogens is 475 g/mol. The van der Waals surface area contributed by atoms with Crippen LogP contribution in [0.1, 0.15) is 47.4 Å². The monoisotopic (exact) mass is 501 g/mol. The molecule has 0 saturated carbocycles. The molecule has 1 saturated heterocycles. The van der Waals surface area contributed by atoms with E-state index < -0.39 is 17.2 Å². The number of para-hydroxylation sites is 1. The van der Waals surface area contributed by atoms with Crippen molar-refractivity contribution in [3.05, 3.63) is 78.0 Å². The van der Waals surface area contributed by atoms with Gasteiger partial charge in [0.1, 0.15) is 0 Å². The van der Waals surface area contributed by atoms with Crippen molar-refractivity contribution in [2.75, 3.05) is 18.5 Å². The summed E-state index contributed by atoms with van der Waals surface area (Å²) < 4.78 is 50.2. The van der Waals surface area contributed by atoms with Crippen LogP contribution >= 0.6 is 0 Å². The molecule has 0 radical (unpaired) electrons. The largest absolute Gasteiger partial charge is 0.440 e. The van der Waals surface area contributed by atoms with Crippen molar-refractivity contribution in [1.29, 1.82) is 0 Å². The number of nitrogens with zero attached hydrogens (tertiary/aromatic N) is 1. The quantitative estimate of drug-likeness (QED) is 0.356.